The fourth-order valence-corrected chi connectivity index (χ4v) is 1.38. The molecule has 4 heteroatoms. The van der Waals surface area contributed by atoms with Gasteiger partial charge in [0, 0.05) is 32.7 Å². The lowest BCUT2D eigenvalue weighted by molar-refractivity contribution is 0.0196. The first kappa shape index (κ1) is 9.92. The van der Waals surface area contributed by atoms with E-state index in [9.17, 15) is 5.11 Å². The van der Waals surface area contributed by atoms with Gasteiger partial charge >= 0.3 is 0 Å². The Morgan fingerprint density at radius 2 is 1.92 bits per heavy atom. The van der Waals surface area contributed by atoms with Gasteiger partial charge in [-0.1, -0.05) is 0 Å². The highest BCUT2D eigenvalue weighted by Crippen LogP contribution is 1.99. The van der Waals surface area contributed by atoms with Gasteiger partial charge in [0.2, 0.25) is 0 Å². The second-order valence-electron chi connectivity index (χ2n) is 3.42. The van der Waals surface area contributed by atoms with Crippen LogP contribution in [0.25, 0.3) is 0 Å². The minimum atomic E-state index is -0.687. The van der Waals surface area contributed by atoms with E-state index in [1.165, 1.54) is 0 Å². The first-order valence-corrected chi connectivity index (χ1v) is 4.39. The van der Waals surface area contributed by atoms with Crippen molar-refractivity contribution in [1.82, 2.24) is 9.80 Å². The van der Waals surface area contributed by atoms with Crippen molar-refractivity contribution in [2.75, 3.05) is 46.4 Å². The van der Waals surface area contributed by atoms with Gasteiger partial charge in [0.05, 0.1) is 6.10 Å². The van der Waals surface area contributed by atoms with Gasteiger partial charge in [-0.2, -0.15) is 0 Å². The monoisotopic (exact) mass is 173 g/mol. The lowest BCUT2D eigenvalue weighted by Crippen LogP contribution is -2.47. The van der Waals surface area contributed by atoms with E-state index in [1.54, 1.807) is 0 Å². The summed E-state index contributed by atoms with van der Waals surface area (Å²) in [7, 11) is 2.08. The second kappa shape index (κ2) is 4.77. The SMILES string of the molecule is CN1CCN(C[C@@H](O)C[O])CC1. The summed E-state index contributed by atoms with van der Waals surface area (Å²) in [6, 6.07) is 0. The fourth-order valence-electron chi connectivity index (χ4n) is 1.38. The van der Waals surface area contributed by atoms with E-state index in [1.807, 2.05) is 0 Å². The van der Waals surface area contributed by atoms with Crippen molar-refractivity contribution >= 4 is 0 Å². The molecule has 71 valence electrons. The van der Waals surface area contributed by atoms with Crippen molar-refractivity contribution in [2.24, 2.45) is 0 Å². The molecule has 0 amide bonds. The molecule has 0 spiro atoms. The highest BCUT2D eigenvalue weighted by Gasteiger charge is 2.16. The zero-order valence-corrected chi connectivity index (χ0v) is 7.57. The summed E-state index contributed by atoms with van der Waals surface area (Å²) in [6.07, 6.45) is -0.687. The van der Waals surface area contributed by atoms with Gasteiger partial charge in [-0.3, -0.25) is 4.90 Å². The Bertz CT molecular complexity index is 124. The Hall–Kier alpha value is -0.160. The van der Waals surface area contributed by atoms with Crippen LogP contribution in [0.5, 0.6) is 0 Å². The van der Waals surface area contributed by atoms with E-state index in [0.29, 0.717) is 6.54 Å². The van der Waals surface area contributed by atoms with E-state index in [2.05, 4.69) is 16.8 Å². The second-order valence-corrected chi connectivity index (χ2v) is 3.42. The molecule has 0 saturated carbocycles. The minimum Gasteiger partial charge on any atom is -0.389 e. The summed E-state index contributed by atoms with van der Waals surface area (Å²) in [6.45, 7) is 4.15. The normalized spacial score (nSPS) is 24.2. The number of rotatable bonds is 3. The third-order valence-electron chi connectivity index (χ3n) is 2.26. The molecule has 0 aromatic carbocycles. The highest BCUT2D eigenvalue weighted by atomic mass is 16.3. The predicted octanol–water partition coefficient (Wildman–Crippen LogP) is -0.975. The van der Waals surface area contributed by atoms with E-state index in [-0.39, 0.29) is 6.61 Å². The Kier molecular flexibility index (Phi) is 3.94. The Labute approximate surface area is 73.4 Å². The molecule has 12 heavy (non-hydrogen) atoms. The number of nitrogens with zero attached hydrogens (tertiary/aromatic N) is 2. The van der Waals surface area contributed by atoms with Crippen molar-refractivity contribution in [2.45, 2.75) is 6.10 Å². The van der Waals surface area contributed by atoms with Crippen LogP contribution in [0.15, 0.2) is 0 Å². The molecule has 1 N–H and O–H groups in total. The van der Waals surface area contributed by atoms with Crippen LogP contribution in [0.2, 0.25) is 0 Å². The lowest BCUT2D eigenvalue weighted by Gasteiger charge is -2.33. The fraction of sp³-hybridized carbons (Fsp3) is 1.00. The van der Waals surface area contributed by atoms with Crippen molar-refractivity contribution in [3.63, 3.8) is 0 Å². The molecule has 1 fully saturated rings. The van der Waals surface area contributed by atoms with Gasteiger partial charge in [0.1, 0.15) is 6.61 Å². The first-order chi connectivity index (χ1) is 5.72. The van der Waals surface area contributed by atoms with Gasteiger partial charge in [-0.05, 0) is 7.05 Å². The molecule has 1 atom stereocenters. The number of piperazine rings is 1. The Balaban J connectivity index is 2.17. The summed E-state index contributed by atoms with van der Waals surface area (Å²) < 4.78 is 0. The average molecular weight is 173 g/mol. The summed E-state index contributed by atoms with van der Waals surface area (Å²) in [5.41, 5.74) is 0. The van der Waals surface area contributed by atoms with Gasteiger partial charge < -0.3 is 10.0 Å². The molecular formula is C8H17N2O2. The minimum absolute atomic E-state index is 0.383. The van der Waals surface area contributed by atoms with Crippen LogP contribution in [-0.2, 0) is 5.11 Å². The summed E-state index contributed by atoms with van der Waals surface area (Å²) in [4.78, 5) is 4.39. The lowest BCUT2D eigenvalue weighted by atomic mass is 10.3. The summed E-state index contributed by atoms with van der Waals surface area (Å²) >= 11 is 0. The summed E-state index contributed by atoms with van der Waals surface area (Å²) in [5, 5.41) is 19.4. The van der Waals surface area contributed by atoms with Crippen LogP contribution in [-0.4, -0.2) is 67.4 Å². The van der Waals surface area contributed by atoms with Crippen LogP contribution in [0.1, 0.15) is 0 Å². The van der Waals surface area contributed by atoms with Crippen molar-refractivity contribution in [1.29, 1.82) is 0 Å². The molecule has 1 aliphatic heterocycles. The number of aliphatic hydroxyl groups is 1. The van der Waals surface area contributed by atoms with Crippen LogP contribution in [0.4, 0.5) is 0 Å². The maximum absolute atomic E-state index is 10.3. The molecule has 0 aromatic heterocycles. The van der Waals surface area contributed by atoms with Crippen LogP contribution in [0, 0.1) is 0 Å². The van der Waals surface area contributed by atoms with Crippen LogP contribution >= 0.6 is 0 Å². The van der Waals surface area contributed by atoms with Crippen LogP contribution in [0.3, 0.4) is 0 Å². The number of likely N-dealkylation sites (N-methyl/N-ethyl adjacent to an activating group) is 1. The number of aliphatic hydroxyl groups excluding tert-OH is 1. The van der Waals surface area contributed by atoms with Gasteiger partial charge in [-0.15, -0.1) is 0 Å². The molecule has 1 aliphatic rings. The van der Waals surface area contributed by atoms with Gasteiger partial charge in [0.15, 0.2) is 0 Å². The Morgan fingerprint density at radius 3 is 2.42 bits per heavy atom. The van der Waals surface area contributed by atoms with E-state index in [0.717, 1.165) is 26.2 Å². The quantitative estimate of drug-likeness (QED) is 0.597. The molecule has 1 heterocycles. The molecular weight excluding hydrogens is 156 g/mol. The molecule has 1 radical (unpaired) electrons. The molecule has 4 nitrogen and oxygen atoms in total. The molecule has 0 bridgehead atoms. The highest BCUT2D eigenvalue weighted by molar-refractivity contribution is 4.71. The molecule has 0 unspecified atom stereocenters. The number of hydrogen-bond donors (Lipinski definition) is 1. The van der Waals surface area contributed by atoms with Gasteiger partial charge in [-0.25, -0.2) is 5.11 Å². The van der Waals surface area contributed by atoms with Crippen molar-refractivity contribution in [3.8, 4) is 0 Å². The third kappa shape index (κ3) is 3.06. The van der Waals surface area contributed by atoms with Crippen LogP contribution < -0.4 is 0 Å². The molecule has 1 saturated heterocycles. The first-order valence-electron chi connectivity index (χ1n) is 4.39. The predicted molar refractivity (Wildman–Crippen MR) is 45.5 cm³/mol. The maximum atomic E-state index is 10.3. The zero-order valence-electron chi connectivity index (χ0n) is 7.57. The topological polar surface area (TPSA) is 46.6 Å². The number of β-amino-alcohol motifs (C(OH)–C–C–N with tert-alkyl or cyclic N) is 1. The molecule has 0 aromatic rings. The standard InChI is InChI=1S/C8H17N2O2/c1-9-2-4-10(5-3-9)6-8(12)7-11/h8,12H,2-7H2,1H3/t8-/m1/s1. The Morgan fingerprint density at radius 1 is 1.33 bits per heavy atom. The average Bonchev–Trinajstić information content (AvgIpc) is 2.09. The largest absolute Gasteiger partial charge is 0.389 e. The van der Waals surface area contributed by atoms with Crippen molar-refractivity contribution < 1.29 is 10.2 Å². The smallest absolute Gasteiger partial charge is 0.109 e. The third-order valence-corrected chi connectivity index (χ3v) is 2.26. The molecule has 1 rings (SSSR count). The molecule has 0 aliphatic carbocycles. The van der Waals surface area contributed by atoms with E-state index < -0.39 is 6.10 Å². The van der Waals surface area contributed by atoms with E-state index in [4.69, 9.17) is 5.11 Å². The van der Waals surface area contributed by atoms with Gasteiger partial charge in [0.25, 0.3) is 0 Å². The van der Waals surface area contributed by atoms with Crippen molar-refractivity contribution in [3.05, 3.63) is 0 Å². The summed E-state index contributed by atoms with van der Waals surface area (Å²) in [5.74, 6) is 0. The zero-order chi connectivity index (χ0) is 8.97. The van der Waals surface area contributed by atoms with E-state index >= 15 is 0 Å². The number of hydrogen-bond acceptors (Lipinski definition) is 3. The maximum Gasteiger partial charge on any atom is 0.109 e.